The Balaban J connectivity index is -0.000000507. The third-order valence-corrected chi connectivity index (χ3v) is 5.92. The van der Waals surface area contributed by atoms with Gasteiger partial charge in [-0.2, -0.15) is 0 Å². The molecule has 0 spiro atoms. The summed E-state index contributed by atoms with van der Waals surface area (Å²) in [5, 5.41) is 4.30. The molecule has 1 heterocycles. The zero-order valence-corrected chi connectivity index (χ0v) is 28.8. The van der Waals surface area contributed by atoms with Crippen molar-refractivity contribution in [1.82, 2.24) is 10.3 Å². The van der Waals surface area contributed by atoms with Gasteiger partial charge in [0.25, 0.3) is 0 Å². The smallest absolute Gasteiger partial charge is 0.0707 e. The average Bonchev–Trinajstić information content (AvgIpc) is 3.06. The standard InChI is InChI=1S/C13H13N.C12H18.C8H11N.C2H6.2C2H4.CH5N/c1-4-11-8-12-9(2)5-6-14-13(12)7-10(11)3;1-10(2)4-7-12-8-5-11(3)6-9-12;1-9-7-8-5-3-2-4-6-8;4*1-2/h4-8H,1H2,2-3H3;5-6,8-10H,4,7H2,1-3H3;2-6,9H,7H2,1H3;1-2H3;2*1-2H2;2H2,1H3. The first-order valence-electron chi connectivity index (χ1n) is 15.1. The van der Waals surface area contributed by atoms with Gasteiger partial charge in [-0.25, -0.2) is 0 Å². The average molecular weight is 584 g/mol. The number of benzene rings is 3. The Labute approximate surface area is 265 Å². The Bertz CT molecular complexity index is 1190. The molecule has 3 N–H and O–H groups in total. The van der Waals surface area contributed by atoms with E-state index < -0.39 is 0 Å². The predicted molar refractivity (Wildman–Crippen MR) is 199 cm³/mol. The van der Waals surface area contributed by atoms with Crippen molar-refractivity contribution in [1.29, 1.82) is 0 Å². The van der Waals surface area contributed by atoms with Gasteiger partial charge < -0.3 is 11.1 Å². The molecule has 0 bridgehead atoms. The van der Waals surface area contributed by atoms with Crippen molar-refractivity contribution in [2.45, 2.75) is 67.9 Å². The van der Waals surface area contributed by atoms with Gasteiger partial charge in [-0.1, -0.05) is 101 Å². The lowest BCUT2D eigenvalue weighted by Crippen LogP contribution is -2.04. The molecule has 43 heavy (non-hydrogen) atoms. The van der Waals surface area contributed by atoms with E-state index in [1.54, 1.807) is 0 Å². The maximum absolute atomic E-state index is 4.50. The van der Waals surface area contributed by atoms with Gasteiger partial charge in [0.2, 0.25) is 0 Å². The van der Waals surface area contributed by atoms with E-state index >= 15 is 0 Å². The molecular weight excluding hydrogens is 522 g/mol. The molecule has 0 unspecified atom stereocenters. The van der Waals surface area contributed by atoms with Gasteiger partial charge in [-0.15, -0.1) is 26.3 Å². The summed E-state index contributed by atoms with van der Waals surface area (Å²) < 4.78 is 0. The van der Waals surface area contributed by atoms with Gasteiger partial charge in [0, 0.05) is 18.1 Å². The van der Waals surface area contributed by atoms with Crippen LogP contribution in [-0.2, 0) is 13.0 Å². The lowest BCUT2D eigenvalue weighted by molar-refractivity contribution is 0.586. The minimum absolute atomic E-state index is 0.811. The lowest BCUT2D eigenvalue weighted by Gasteiger charge is -2.05. The van der Waals surface area contributed by atoms with Gasteiger partial charge in [-0.3, -0.25) is 4.98 Å². The molecule has 0 saturated carbocycles. The summed E-state index contributed by atoms with van der Waals surface area (Å²) in [5.41, 5.74) is 13.4. The SMILES string of the molecule is C=C.C=C.C=Cc1cc2c(C)ccnc2cc1C.CC.CN.CNCc1ccccc1.Cc1ccc(CCC(C)C)cc1. The Kier molecular flexibility index (Phi) is 30.2. The van der Waals surface area contributed by atoms with Gasteiger partial charge in [-0.05, 0) is 99.6 Å². The summed E-state index contributed by atoms with van der Waals surface area (Å²) in [6, 6.07) is 25.5. The van der Waals surface area contributed by atoms with Crippen LogP contribution in [0.3, 0.4) is 0 Å². The fourth-order valence-electron chi connectivity index (χ4n) is 3.68. The van der Waals surface area contributed by atoms with Gasteiger partial charge >= 0.3 is 0 Å². The van der Waals surface area contributed by atoms with Crippen LogP contribution in [0.25, 0.3) is 17.0 Å². The largest absolute Gasteiger partial charge is 0.333 e. The number of nitrogens with two attached hydrogens (primary N) is 1. The van der Waals surface area contributed by atoms with E-state index in [0.29, 0.717) is 0 Å². The van der Waals surface area contributed by atoms with Crippen molar-refractivity contribution in [2.24, 2.45) is 11.7 Å². The van der Waals surface area contributed by atoms with Crippen LogP contribution in [-0.4, -0.2) is 19.1 Å². The molecule has 3 heteroatoms. The summed E-state index contributed by atoms with van der Waals surface area (Å²) in [6.45, 7) is 31.6. The molecule has 236 valence electrons. The number of aryl methyl sites for hydroxylation is 4. The number of pyridine rings is 1. The summed E-state index contributed by atoms with van der Waals surface area (Å²) in [4.78, 5) is 4.34. The van der Waals surface area contributed by atoms with Crippen LogP contribution in [0.4, 0.5) is 0 Å². The van der Waals surface area contributed by atoms with Gasteiger partial charge in [0.1, 0.15) is 0 Å². The molecule has 0 aliphatic rings. The zero-order chi connectivity index (χ0) is 33.6. The molecule has 0 aliphatic heterocycles. The minimum atomic E-state index is 0.811. The topological polar surface area (TPSA) is 50.9 Å². The molecule has 0 aliphatic carbocycles. The molecule has 0 saturated heterocycles. The minimum Gasteiger partial charge on any atom is -0.333 e. The number of rotatable bonds is 6. The first kappa shape index (κ1) is 43.7. The highest BCUT2D eigenvalue weighted by Gasteiger charge is 2.01. The van der Waals surface area contributed by atoms with Crippen LogP contribution in [0, 0.1) is 26.7 Å². The van der Waals surface area contributed by atoms with Crippen molar-refractivity contribution in [3.05, 3.63) is 145 Å². The van der Waals surface area contributed by atoms with Crippen LogP contribution in [0.2, 0.25) is 0 Å². The van der Waals surface area contributed by atoms with E-state index in [0.717, 1.165) is 18.0 Å². The number of hydrogen-bond acceptors (Lipinski definition) is 3. The highest BCUT2D eigenvalue weighted by molar-refractivity contribution is 5.85. The monoisotopic (exact) mass is 583 g/mol. The normalized spacial score (nSPS) is 8.81. The molecule has 3 nitrogen and oxygen atoms in total. The number of fused-ring (bicyclic) bond motifs is 1. The lowest BCUT2D eigenvalue weighted by atomic mass is 10.0. The maximum atomic E-state index is 4.50. The number of hydrogen-bond donors (Lipinski definition) is 2. The second-order valence-electron chi connectivity index (χ2n) is 9.49. The third kappa shape index (κ3) is 19.9. The van der Waals surface area contributed by atoms with Gasteiger partial charge in [0.05, 0.1) is 5.52 Å². The van der Waals surface area contributed by atoms with E-state index in [1.807, 2.05) is 57.4 Å². The molecule has 4 rings (SSSR count). The predicted octanol–water partition coefficient (Wildman–Crippen LogP) is 10.7. The quantitative estimate of drug-likeness (QED) is 0.222. The second kappa shape index (κ2) is 29.7. The molecule has 3 aromatic carbocycles. The van der Waals surface area contributed by atoms with Gasteiger partial charge in [0.15, 0.2) is 0 Å². The van der Waals surface area contributed by atoms with E-state index in [4.69, 9.17) is 0 Å². The van der Waals surface area contributed by atoms with E-state index in [1.165, 1.54) is 58.7 Å². The third-order valence-electron chi connectivity index (χ3n) is 5.92. The summed E-state index contributed by atoms with van der Waals surface area (Å²) in [5.74, 6) is 0.811. The van der Waals surface area contributed by atoms with Crippen molar-refractivity contribution < 1.29 is 0 Å². The molecule has 0 radical (unpaired) electrons. The highest BCUT2D eigenvalue weighted by Crippen LogP contribution is 2.21. The maximum Gasteiger partial charge on any atom is 0.0707 e. The molecule has 0 amide bonds. The molecule has 4 aromatic rings. The van der Waals surface area contributed by atoms with E-state index in [-0.39, 0.29) is 0 Å². The van der Waals surface area contributed by atoms with Crippen molar-refractivity contribution in [3.63, 3.8) is 0 Å². The zero-order valence-electron chi connectivity index (χ0n) is 28.8. The summed E-state index contributed by atoms with van der Waals surface area (Å²) in [6.07, 6.45) is 6.26. The first-order chi connectivity index (χ1) is 20.8. The second-order valence-corrected chi connectivity index (χ2v) is 9.49. The Morgan fingerprint density at radius 1 is 0.791 bits per heavy atom. The van der Waals surface area contributed by atoms with Crippen LogP contribution in [0.5, 0.6) is 0 Å². The van der Waals surface area contributed by atoms with E-state index in [9.17, 15) is 0 Å². The van der Waals surface area contributed by atoms with E-state index in [2.05, 4.69) is 132 Å². The van der Waals surface area contributed by atoms with Crippen molar-refractivity contribution in [2.75, 3.05) is 14.1 Å². The van der Waals surface area contributed by atoms with Crippen LogP contribution in [0.15, 0.2) is 112 Å². The fraction of sp³-hybridized carbons (Fsp3) is 0.325. The van der Waals surface area contributed by atoms with Crippen molar-refractivity contribution >= 4 is 17.0 Å². The molecule has 0 atom stereocenters. The highest BCUT2D eigenvalue weighted by atomic mass is 14.8. The Morgan fingerprint density at radius 2 is 1.35 bits per heavy atom. The molecule has 1 aromatic heterocycles. The number of nitrogens with zero attached hydrogens (tertiary/aromatic N) is 1. The summed E-state index contributed by atoms with van der Waals surface area (Å²) in [7, 11) is 3.45. The van der Waals surface area contributed by atoms with Crippen molar-refractivity contribution in [3.8, 4) is 0 Å². The Morgan fingerprint density at radius 3 is 1.84 bits per heavy atom. The molecule has 0 fully saturated rings. The Hall–Kier alpha value is -3.79. The summed E-state index contributed by atoms with van der Waals surface area (Å²) >= 11 is 0. The fourth-order valence-corrected chi connectivity index (χ4v) is 3.68. The van der Waals surface area contributed by atoms with Crippen LogP contribution < -0.4 is 11.1 Å². The molecular formula is C40H61N3. The number of aromatic nitrogens is 1. The number of nitrogens with one attached hydrogen (secondary N) is 1. The van der Waals surface area contributed by atoms with Crippen LogP contribution in [0.1, 0.15) is 67.5 Å². The van der Waals surface area contributed by atoms with Crippen LogP contribution >= 0.6 is 0 Å². The first-order valence-corrected chi connectivity index (χ1v) is 15.1.